The normalized spacial score (nSPS) is 21.5. The van der Waals surface area contributed by atoms with E-state index in [1.807, 2.05) is 11.8 Å². The van der Waals surface area contributed by atoms with E-state index < -0.39 is 17.9 Å². The van der Waals surface area contributed by atoms with Gasteiger partial charge in [-0.2, -0.15) is 11.8 Å². The van der Waals surface area contributed by atoms with Crippen molar-refractivity contribution in [3.63, 3.8) is 0 Å². The number of rotatable bonds is 5. The van der Waals surface area contributed by atoms with Crippen LogP contribution in [0, 0.1) is 0 Å². The molecule has 0 aliphatic carbocycles. The summed E-state index contributed by atoms with van der Waals surface area (Å²) in [7, 11) is 0. The van der Waals surface area contributed by atoms with Gasteiger partial charge in [-0.3, -0.25) is 4.79 Å². The molecule has 6 heteroatoms. The summed E-state index contributed by atoms with van der Waals surface area (Å²) in [4.78, 5) is 22.6. The molecule has 1 saturated heterocycles. The van der Waals surface area contributed by atoms with Gasteiger partial charge in [0.1, 0.15) is 0 Å². The van der Waals surface area contributed by atoms with Crippen molar-refractivity contribution in [1.29, 1.82) is 0 Å². The van der Waals surface area contributed by atoms with E-state index in [1.54, 1.807) is 6.92 Å². The molecule has 1 aliphatic heterocycles. The van der Waals surface area contributed by atoms with Gasteiger partial charge in [-0.05, 0) is 25.5 Å². The fourth-order valence-corrected chi connectivity index (χ4v) is 2.67. The molecule has 5 nitrogen and oxygen atoms in total. The zero-order valence-corrected chi connectivity index (χ0v) is 10.2. The predicted molar refractivity (Wildman–Crippen MR) is 63.1 cm³/mol. The van der Waals surface area contributed by atoms with E-state index in [0.717, 1.165) is 12.2 Å². The van der Waals surface area contributed by atoms with Gasteiger partial charge < -0.3 is 15.8 Å². The summed E-state index contributed by atoms with van der Waals surface area (Å²) in [6.07, 6.45) is 2.30. The summed E-state index contributed by atoms with van der Waals surface area (Å²) >= 11 is 1.84. The van der Waals surface area contributed by atoms with Crippen LogP contribution in [0.5, 0.6) is 0 Å². The highest BCUT2D eigenvalue weighted by Gasteiger charge is 2.24. The van der Waals surface area contributed by atoms with Crippen LogP contribution in [0.4, 0.5) is 0 Å². The van der Waals surface area contributed by atoms with E-state index in [0.29, 0.717) is 11.8 Å². The van der Waals surface area contributed by atoms with Crippen LogP contribution in [0.15, 0.2) is 0 Å². The lowest BCUT2D eigenvalue weighted by atomic mass is 10.2. The highest BCUT2D eigenvalue weighted by molar-refractivity contribution is 8.00. The third kappa shape index (κ3) is 4.02. The van der Waals surface area contributed by atoms with Gasteiger partial charge in [0.25, 0.3) is 0 Å². The minimum atomic E-state index is -1.20. The number of carbonyl (C=O) groups excluding carboxylic acids is 2. The number of hydrogen-bond donors (Lipinski definition) is 2. The van der Waals surface area contributed by atoms with Crippen LogP contribution in [-0.2, 0) is 14.3 Å². The Balaban J connectivity index is 2.25. The van der Waals surface area contributed by atoms with Gasteiger partial charge >= 0.3 is 5.97 Å². The van der Waals surface area contributed by atoms with Gasteiger partial charge in [0.05, 0.1) is 6.61 Å². The average Bonchev–Trinajstić information content (AvgIpc) is 2.78. The van der Waals surface area contributed by atoms with Gasteiger partial charge in [0.2, 0.25) is 5.91 Å². The molecule has 1 fully saturated rings. The number of nitrogens with two attached hydrogens (primary N) is 1. The summed E-state index contributed by atoms with van der Waals surface area (Å²) in [5.74, 6) is 0.0230. The van der Waals surface area contributed by atoms with Gasteiger partial charge in [0, 0.05) is 11.8 Å². The van der Waals surface area contributed by atoms with Crippen molar-refractivity contribution < 1.29 is 14.3 Å². The Morgan fingerprint density at radius 1 is 1.62 bits per heavy atom. The van der Waals surface area contributed by atoms with E-state index in [4.69, 9.17) is 5.73 Å². The van der Waals surface area contributed by atoms with Gasteiger partial charge in [0.15, 0.2) is 6.04 Å². The van der Waals surface area contributed by atoms with E-state index >= 15 is 0 Å². The minimum absolute atomic E-state index is 0.234. The molecule has 0 bridgehead atoms. The predicted octanol–water partition coefficient (Wildman–Crippen LogP) is -0.111. The van der Waals surface area contributed by atoms with Crippen molar-refractivity contribution in [3.05, 3.63) is 0 Å². The third-order valence-corrected chi connectivity index (χ3v) is 3.75. The second-order valence-corrected chi connectivity index (χ2v) is 5.02. The Bertz CT molecular complexity index is 254. The van der Waals surface area contributed by atoms with Crippen LogP contribution < -0.4 is 11.1 Å². The number of nitrogens with one attached hydrogen (secondary N) is 1. The van der Waals surface area contributed by atoms with E-state index in [-0.39, 0.29) is 6.61 Å². The Morgan fingerprint density at radius 3 is 2.94 bits per heavy atom. The molecule has 92 valence electrons. The van der Waals surface area contributed by atoms with Crippen molar-refractivity contribution in [2.45, 2.75) is 31.1 Å². The number of amides is 1. The van der Waals surface area contributed by atoms with Crippen molar-refractivity contribution in [3.8, 4) is 0 Å². The SMILES string of the molecule is CCOC(=O)C(N)C(=O)NCC1CCCS1. The zero-order chi connectivity index (χ0) is 12.0. The molecule has 16 heavy (non-hydrogen) atoms. The topological polar surface area (TPSA) is 81.4 Å². The average molecular weight is 246 g/mol. The summed E-state index contributed by atoms with van der Waals surface area (Å²) < 4.78 is 4.67. The molecule has 1 amide bonds. The Kier molecular flexibility index (Phi) is 5.62. The maximum Gasteiger partial charge on any atom is 0.332 e. The van der Waals surface area contributed by atoms with Gasteiger partial charge in [-0.25, -0.2) is 4.79 Å². The highest BCUT2D eigenvalue weighted by Crippen LogP contribution is 2.25. The Morgan fingerprint density at radius 2 is 2.38 bits per heavy atom. The van der Waals surface area contributed by atoms with Crippen molar-refractivity contribution in [1.82, 2.24) is 5.32 Å². The lowest BCUT2D eigenvalue weighted by Crippen LogP contribution is -2.48. The fraction of sp³-hybridized carbons (Fsp3) is 0.800. The van der Waals surface area contributed by atoms with Crippen LogP contribution in [0.2, 0.25) is 0 Å². The smallest absolute Gasteiger partial charge is 0.332 e. The number of carbonyl (C=O) groups is 2. The summed E-state index contributed by atoms with van der Waals surface area (Å²) in [6, 6.07) is -1.20. The van der Waals surface area contributed by atoms with E-state index in [9.17, 15) is 9.59 Å². The molecule has 2 atom stereocenters. The number of hydrogen-bond acceptors (Lipinski definition) is 5. The largest absolute Gasteiger partial charge is 0.464 e. The van der Waals surface area contributed by atoms with E-state index in [2.05, 4.69) is 10.1 Å². The second-order valence-electron chi connectivity index (χ2n) is 3.61. The van der Waals surface area contributed by atoms with Crippen LogP contribution >= 0.6 is 11.8 Å². The van der Waals surface area contributed by atoms with Gasteiger partial charge in [-0.1, -0.05) is 0 Å². The molecule has 1 rings (SSSR count). The highest BCUT2D eigenvalue weighted by atomic mass is 32.2. The molecule has 1 heterocycles. The monoisotopic (exact) mass is 246 g/mol. The number of thioether (sulfide) groups is 1. The fourth-order valence-electron chi connectivity index (χ4n) is 1.47. The van der Waals surface area contributed by atoms with E-state index in [1.165, 1.54) is 6.42 Å². The van der Waals surface area contributed by atoms with Crippen LogP contribution in [0.1, 0.15) is 19.8 Å². The molecule has 0 saturated carbocycles. The standard InChI is InChI=1S/C10H18N2O3S/c1-2-15-10(14)8(11)9(13)12-6-7-4-3-5-16-7/h7-8H,2-6,11H2,1H3,(H,12,13). The van der Waals surface area contributed by atoms with Crippen LogP contribution in [-0.4, -0.2) is 42.1 Å². The minimum Gasteiger partial charge on any atom is -0.464 e. The summed E-state index contributed by atoms with van der Waals surface area (Å²) in [5.41, 5.74) is 5.44. The number of esters is 1. The lowest BCUT2D eigenvalue weighted by Gasteiger charge is -2.13. The van der Waals surface area contributed by atoms with Crippen molar-refractivity contribution >= 4 is 23.6 Å². The molecule has 0 spiro atoms. The van der Waals surface area contributed by atoms with Gasteiger partial charge in [-0.15, -0.1) is 0 Å². The van der Waals surface area contributed by atoms with Crippen LogP contribution in [0.25, 0.3) is 0 Å². The lowest BCUT2D eigenvalue weighted by molar-refractivity contribution is -0.147. The quantitative estimate of drug-likeness (QED) is 0.522. The molecular formula is C10H18N2O3S. The first-order valence-corrected chi connectivity index (χ1v) is 6.51. The molecule has 0 aromatic heterocycles. The molecule has 3 N–H and O–H groups in total. The first kappa shape index (κ1) is 13.3. The van der Waals surface area contributed by atoms with Crippen LogP contribution in [0.3, 0.4) is 0 Å². The summed E-state index contributed by atoms with van der Waals surface area (Å²) in [6.45, 7) is 2.49. The molecular weight excluding hydrogens is 228 g/mol. The number of ether oxygens (including phenoxy) is 1. The second kappa shape index (κ2) is 6.75. The molecule has 0 aromatic rings. The summed E-state index contributed by atoms with van der Waals surface area (Å²) in [5, 5.41) is 3.13. The maximum atomic E-state index is 11.5. The molecule has 0 radical (unpaired) electrons. The van der Waals surface area contributed by atoms with Crippen molar-refractivity contribution in [2.75, 3.05) is 18.9 Å². The maximum absolute atomic E-state index is 11.5. The first-order valence-electron chi connectivity index (χ1n) is 5.46. The third-order valence-electron chi connectivity index (χ3n) is 2.35. The van der Waals surface area contributed by atoms with Crippen molar-refractivity contribution in [2.24, 2.45) is 5.73 Å². The molecule has 1 aliphatic rings. The first-order chi connectivity index (χ1) is 7.65. The Hall–Kier alpha value is -0.750. The Labute approximate surface area is 99.5 Å². The molecule has 0 aromatic carbocycles. The molecule has 2 unspecified atom stereocenters. The zero-order valence-electron chi connectivity index (χ0n) is 9.40.